The normalized spacial score (nSPS) is 23.2. The zero-order valence-corrected chi connectivity index (χ0v) is 14.4. The lowest BCUT2D eigenvalue weighted by atomic mass is 10.1. The van der Waals surface area contributed by atoms with Gasteiger partial charge in [0.05, 0.1) is 12.6 Å². The summed E-state index contributed by atoms with van der Waals surface area (Å²) in [6.07, 6.45) is 2.54. The van der Waals surface area contributed by atoms with Crippen molar-refractivity contribution in [3.63, 3.8) is 0 Å². The summed E-state index contributed by atoms with van der Waals surface area (Å²) in [5.41, 5.74) is 0.692. The van der Waals surface area contributed by atoms with Gasteiger partial charge in [0.2, 0.25) is 11.8 Å². The van der Waals surface area contributed by atoms with E-state index in [4.69, 9.17) is 0 Å². The second-order valence-electron chi connectivity index (χ2n) is 5.95. The monoisotopic (exact) mass is 348 g/mol. The minimum absolute atomic E-state index is 0.0699. The molecule has 0 bridgehead atoms. The predicted octanol–water partition coefficient (Wildman–Crippen LogP) is 0.972. The van der Waals surface area contributed by atoms with Gasteiger partial charge in [-0.25, -0.2) is 4.79 Å². The van der Waals surface area contributed by atoms with Gasteiger partial charge in [-0.05, 0) is 30.9 Å². The average molecular weight is 348 g/mol. The molecule has 8 heteroatoms. The molecule has 2 unspecified atom stereocenters. The molecule has 4 amide bonds. The first-order chi connectivity index (χ1) is 11.5. The van der Waals surface area contributed by atoms with E-state index >= 15 is 0 Å². The molecule has 2 saturated heterocycles. The van der Waals surface area contributed by atoms with Gasteiger partial charge >= 0.3 is 6.03 Å². The lowest BCUT2D eigenvalue weighted by Crippen LogP contribution is -2.61. The molecule has 0 spiro atoms. The second kappa shape index (κ2) is 6.72. The summed E-state index contributed by atoms with van der Waals surface area (Å²) in [6.45, 7) is 0.603. The molecule has 2 aliphatic rings. The van der Waals surface area contributed by atoms with Crippen molar-refractivity contribution < 1.29 is 14.4 Å². The Kier molecular flexibility index (Phi) is 4.66. The molecule has 3 rings (SSSR count). The zero-order valence-electron chi connectivity index (χ0n) is 13.6. The third kappa shape index (κ3) is 3.19. The molecule has 2 atom stereocenters. The van der Waals surface area contributed by atoms with Gasteiger partial charge in [-0.3, -0.25) is 9.59 Å². The number of anilines is 1. The van der Waals surface area contributed by atoms with Crippen LogP contribution in [0.4, 0.5) is 10.5 Å². The summed E-state index contributed by atoms with van der Waals surface area (Å²) in [7, 11) is 1.61. The summed E-state index contributed by atoms with van der Waals surface area (Å²) in [5, 5.41) is 5.62. The number of urea groups is 1. The van der Waals surface area contributed by atoms with Gasteiger partial charge in [-0.1, -0.05) is 6.07 Å². The first kappa shape index (κ1) is 16.6. The standard InChI is InChI=1S/C16H20N4O3S/c1-19-9-13(21)20-7-6-12(14(20)15(19)22)18-16(23)17-10-4-3-5-11(8-10)24-2/h3-5,8,12,14H,6-7,9H2,1-2H3,(H2,17,18,23). The Morgan fingerprint density at radius 1 is 1.33 bits per heavy atom. The van der Waals surface area contributed by atoms with E-state index < -0.39 is 6.04 Å². The average Bonchev–Trinajstić information content (AvgIpc) is 2.97. The van der Waals surface area contributed by atoms with Crippen molar-refractivity contribution in [2.75, 3.05) is 31.7 Å². The summed E-state index contributed by atoms with van der Waals surface area (Å²) in [5.74, 6) is -0.193. The molecular formula is C16H20N4O3S. The van der Waals surface area contributed by atoms with Gasteiger partial charge in [-0.2, -0.15) is 0 Å². The first-order valence-corrected chi connectivity index (χ1v) is 8.98. The Labute approximate surface area is 144 Å². The van der Waals surface area contributed by atoms with E-state index in [2.05, 4.69) is 10.6 Å². The molecule has 0 saturated carbocycles. The fourth-order valence-corrected chi connectivity index (χ4v) is 3.62. The Morgan fingerprint density at radius 2 is 2.12 bits per heavy atom. The Bertz CT molecular complexity index is 681. The molecule has 1 aromatic rings. The number of thioether (sulfide) groups is 1. The Morgan fingerprint density at radius 3 is 2.88 bits per heavy atom. The van der Waals surface area contributed by atoms with Crippen molar-refractivity contribution in [2.45, 2.75) is 23.4 Å². The van der Waals surface area contributed by atoms with E-state index in [0.717, 1.165) is 4.90 Å². The van der Waals surface area contributed by atoms with Gasteiger partial charge in [-0.15, -0.1) is 11.8 Å². The number of hydrogen-bond donors (Lipinski definition) is 2. The van der Waals surface area contributed by atoms with Crippen LogP contribution in [0.15, 0.2) is 29.2 Å². The van der Waals surface area contributed by atoms with E-state index in [0.29, 0.717) is 18.7 Å². The number of piperazine rings is 1. The molecular weight excluding hydrogens is 328 g/mol. The SMILES string of the molecule is CSc1cccc(NC(=O)NC2CCN3C(=O)CN(C)C(=O)C23)c1. The first-order valence-electron chi connectivity index (χ1n) is 7.75. The number of benzene rings is 1. The van der Waals surface area contributed by atoms with Crippen LogP contribution in [0.5, 0.6) is 0 Å². The molecule has 0 radical (unpaired) electrons. The fourth-order valence-electron chi connectivity index (χ4n) is 3.16. The number of carbonyl (C=O) groups is 3. The fraction of sp³-hybridized carbons (Fsp3) is 0.438. The second-order valence-corrected chi connectivity index (χ2v) is 6.83. The summed E-state index contributed by atoms with van der Waals surface area (Å²) in [6, 6.07) is 6.19. The number of amides is 4. The van der Waals surface area contributed by atoms with Crippen LogP contribution >= 0.6 is 11.8 Å². The van der Waals surface area contributed by atoms with Crippen LogP contribution in [0.25, 0.3) is 0 Å². The largest absolute Gasteiger partial charge is 0.335 e. The summed E-state index contributed by atoms with van der Waals surface area (Å²) in [4.78, 5) is 40.7. The van der Waals surface area contributed by atoms with Crippen LogP contribution in [0.1, 0.15) is 6.42 Å². The highest BCUT2D eigenvalue weighted by atomic mass is 32.2. The highest BCUT2D eigenvalue weighted by Crippen LogP contribution is 2.24. The topological polar surface area (TPSA) is 81.8 Å². The molecule has 128 valence electrons. The predicted molar refractivity (Wildman–Crippen MR) is 91.9 cm³/mol. The van der Waals surface area contributed by atoms with Gasteiger partial charge in [0.1, 0.15) is 6.04 Å². The van der Waals surface area contributed by atoms with Crippen LogP contribution in [0, 0.1) is 0 Å². The maximum absolute atomic E-state index is 12.3. The molecule has 2 heterocycles. The molecule has 0 aromatic heterocycles. The molecule has 0 aliphatic carbocycles. The third-order valence-corrected chi connectivity index (χ3v) is 5.09. The summed E-state index contributed by atoms with van der Waals surface area (Å²) < 4.78 is 0. The third-order valence-electron chi connectivity index (χ3n) is 4.36. The molecule has 2 aliphatic heterocycles. The van der Waals surface area contributed by atoms with Crippen LogP contribution < -0.4 is 10.6 Å². The van der Waals surface area contributed by atoms with Crippen molar-refractivity contribution in [2.24, 2.45) is 0 Å². The van der Waals surface area contributed by atoms with E-state index in [1.165, 1.54) is 4.90 Å². The van der Waals surface area contributed by atoms with Crippen molar-refractivity contribution in [3.05, 3.63) is 24.3 Å². The lowest BCUT2D eigenvalue weighted by Gasteiger charge is -2.36. The highest BCUT2D eigenvalue weighted by molar-refractivity contribution is 7.98. The van der Waals surface area contributed by atoms with E-state index in [1.807, 2.05) is 30.5 Å². The van der Waals surface area contributed by atoms with Gasteiger partial charge < -0.3 is 20.4 Å². The molecule has 7 nitrogen and oxygen atoms in total. The van der Waals surface area contributed by atoms with E-state index in [9.17, 15) is 14.4 Å². The lowest BCUT2D eigenvalue weighted by molar-refractivity contribution is -0.152. The van der Waals surface area contributed by atoms with Crippen LogP contribution in [0.3, 0.4) is 0 Å². The van der Waals surface area contributed by atoms with Crippen molar-refractivity contribution in [1.29, 1.82) is 0 Å². The quantitative estimate of drug-likeness (QED) is 0.798. The van der Waals surface area contributed by atoms with Gasteiger partial charge in [0, 0.05) is 24.2 Å². The number of nitrogens with one attached hydrogen (secondary N) is 2. The van der Waals surface area contributed by atoms with E-state index in [-0.39, 0.29) is 30.4 Å². The highest BCUT2D eigenvalue weighted by Gasteiger charge is 2.47. The Balaban J connectivity index is 1.66. The van der Waals surface area contributed by atoms with Crippen molar-refractivity contribution >= 4 is 35.3 Å². The van der Waals surface area contributed by atoms with Crippen molar-refractivity contribution in [1.82, 2.24) is 15.1 Å². The Hall–Kier alpha value is -2.22. The number of rotatable bonds is 3. The van der Waals surface area contributed by atoms with Crippen LogP contribution in [0.2, 0.25) is 0 Å². The van der Waals surface area contributed by atoms with Crippen molar-refractivity contribution in [3.8, 4) is 0 Å². The number of nitrogens with zero attached hydrogens (tertiary/aromatic N) is 2. The maximum atomic E-state index is 12.3. The van der Waals surface area contributed by atoms with Crippen LogP contribution in [-0.4, -0.2) is 66.1 Å². The minimum Gasteiger partial charge on any atom is -0.335 e. The smallest absolute Gasteiger partial charge is 0.319 e. The molecule has 1 aromatic carbocycles. The number of fused-ring (bicyclic) bond motifs is 1. The van der Waals surface area contributed by atoms with Gasteiger partial charge in [0.25, 0.3) is 0 Å². The zero-order chi connectivity index (χ0) is 17.3. The molecule has 24 heavy (non-hydrogen) atoms. The van der Waals surface area contributed by atoms with Crippen LogP contribution in [-0.2, 0) is 9.59 Å². The maximum Gasteiger partial charge on any atom is 0.319 e. The number of carbonyl (C=O) groups excluding carboxylic acids is 3. The minimum atomic E-state index is -0.598. The van der Waals surface area contributed by atoms with E-state index in [1.54, 1.807) is 23.7 Å². The molecule has 2 N–H and O–H groups in total. The van der Waals surface area contributed by atoms with Gasteiger partial charge in [0.15, 0.2) is 0 Å². The molecule has 2 fully saturated rings. The number of likely N-dealkylation sites (N-methyl/N-ethyl adjacent to an activating group) is 1. The number of hydrogen-bond acceptors (Lipinski definition) is 4. The summed E-state index contributed by atoms with van der Waals surface area (Å²) >= 11 is 1.59.